The quantitative estimate of drug-likeness (QED) is 0.406. The summed E-state index contributed by atoms with van der Waals surface area (Å²) in [6.45, 7) is 0.337. The Hall–Kier alpha value is -4.06. The van der Waals surface area contributed by atoms with Crippen LogP contribution in [0, 0.1) is 0 Å². The number of carbonyl (C=O) groups is 2. The Morgan fingerprint density at radius 1 is 0.871 bits per heavy atom. The van der Waals surface area contributed by atoms with Gasteiger partial charge in [0.2, 0.25) is 0 Å². The molecule has 4 aromatic rings. The fourth-order valence-corrected chi connectivity index (χ4v) is 3.37. The lowest BCUT2D eigenvalue weighted by atomic mass is 10.1. The van der Waals surface area contributed by atoms with Crippen LogP contribution in [0.4, 0.5) is 5.69 Å². The Balaban J connectivity index is 1.30. The highest BCUT2D eigenvalue weighted by Gasteiger charge is 2.13. The number of nitrogens with one attached hydrogen (secondary N) is 3. The van der Waals surface area contributed by atoms with Crippen LogP contribution in [0.5, 0.6) is 5.75 Å². The fourth-order valence-electron chi connectivity index (χ4n) is 3.37. The van der Waals surface area contributed by atoms with Crippen molar-refractivity contribution in [3.63, 3.8) is 0 Å². The number of benzene rings is 3. The number of hydrogen-bond acceptors (Lipinski definition) is 3. The number of aromatic nitrogens is 1. The smallest absolute Gasteiger partial charge is 0.259 e. The molecule has 3 N–H and O–H groups in total. The van der Waals surface area contributed by atoms with E-state index < -0.39 is 0 Å². The van der Waals surface area contributed by atoms with E-state index in [0.29, 0.717) is 30.0 Å². The Bertz CT molecular complexity index is 1180. The van der Waals surface area contributed by atoms with Crippen LogP contribution < -0.4 is 15.4 Å². The van der Waals surface area contributed by atoms with Gasteiger partial charge in [-0.25, -0.2) is 0 Å². The molecule has 1 heterocycles. The highest BCUT2D eigenvalue weighted by molar-refractivity contribution is 6.06. The van der Waals surface area contributed by atoms with Gasteiger partial charge in [-0.3, -0.25) is 9.59 Å². The minimum atomic E-state index is -0.290. The molecular weight excluding hydrogens is 390 g/mol. The second-order valence-electron chi connectivity index (χ2n) is 7.06. The van der Waals surface area contributed by atoms with Crippen molar-refractivity contribution in [2.45, 2.75) is 6.42 Å². The molecule has 0 saturated heterocycles. The van der Waals surface area contributed by atoms with Crippen LogP contribution >= 0.6 is 0 Å². The molecule has 4 rings (SSSR count). The van der Waals surface area contributed by atoms with Crippen molar-refractivity contribution in [1.29, 1.82) is 0 Å². The van der Waals surface area contributed by atoms with Crippen molar-refractivity contribution in [1.82, 2.24) is 10.3 Å². The lowest BCUT2D eigenvalue weighted by molar-refractivity contribution is -0.123. The molecule has 2 amide bonds. The Labute approximate surface area is 180 Å². The van der Waals surface area contributed by atoms with Gasteiger partial charge < -0.3 is 20.4 Å². The zero-order valence-electron chi connectivity index (χ0n) is 16.9. The molecule has 0 atom stereocenters. The third-order valence-corrected chi connectivity index (χ3v) is 4.91. The molecule has 0 radical (unpaired) electrons. The molecule has 0 spiro atoms. The maximum atomic E-state index is 12.6. The summed E-state index contributed by atoms with van der Waals surface area (Å²) in [5.41, 5.74) is 3.30. The molecule has 0 bridgehead atoms. The summed E-state index contributed by atoms with van der Waals surface area (Å²) < 4.78 is 5.64. The Kier molecular flexibility index (Phi) is 6.28. The van der Waals surface area contributed by atoms with E-state index in [1.165, 1.54) is 0 Å². The average molecular weight is 413 g/mol. The molecule has 0 aliphatic carbocycles. The van der Waals surface area contributed by atoms with Gasteiger partial charge in [0.15, 0.2) is 6.61 Å². The third kappa shape index (κ3) is 5.11. The Morgan fingerprint density at radius 3 is 2.48 bits per heavy atom. The lowest BCUT2D eigenvalue weighted by Crippen LogP contribution is -2.30. The molecule has 6 heteroatoms. The number of ether oxygens (including phenoxy) is 1. The number of fused-ring (bicyclic) bond motifs is 1. The summed E-state index contributed by atoms with van der Waals surface area (Å²) in [4.78, 5) is 28.1. The second kappa shape index (κ2) is 9.63. The van der Waals surface area contributed by atoms with Crippen molar-refractivity contribution in [2.75, 3.05) is 18.5 Å². The van der Waals surface area contributed by atoms with Crippen molar-refractivity contribution >= 4 is 28.4 Å². The van der Waals surface area contributed by atoms with Crippen molar-refractivity contribution < 1.29 is 14.3 Å². The summed E-state index contributed by atoms with van der Waals surface area (Å²) in [6.07, 6.45) is 2.68. The van der Waals surface area contributed by atoms with Crippen LogP contribution in [-0.2, 0) is 11.2 Å². The van der Waals surface area contributed by atoms with Crippen LogP contribution in [0.1, 0.15) is 15.9 Å². The van der Waals surface area contributed by atoms with Crippen LogP contribution in [0.3, 0.4) is 0 Å². The third-order valence-electron chi connectivity index (χ3n) is 4.91. The molecular formula is C25H23N3O3. The topological polar surface area (TPSA) is 83.2 Å². The number of rotatable bonds is 8. The van der Waals surface area contributed by atoms with Crippen LogP contribution in [-0.4, -0.2) is 29.9 Å². The molecule has 0 aliphatic rings. The first kappa shape index (κ1) is 20.2. The summed E-state index contributed by atoms with van der Waals surface area (Å²) in [5, 5.41) is 6.85. The van der Waals surface area contributed by atoms with Gasteiger partial charge in [0.1, 0.15) is 5.75 Å². The van der Waals surface area contributed by atoms with E-state index in [2.05, 4.69) is 21.7 Å². The van der Waals surface area contributed by atoms with Gasteiger partial charge in [0, 0.05) is 29.3 Å². The standard InChI is InChI=1S/C25H23N3O3/c29-24(26-15-14-18-16-27-22-12-6-4-10-20(18)22)17-31-23-13-7-5-11-21(23)25(30)28-19-8-2-1-3-9-19/h1-13,16,27H,14-15,17H2,(H,26,29)(H,28,30). The largest absolute Gasteiger partial charge is 0.483 e. The van der Waals surface area contributed by atoms with E-state index >= 15 is 0 Å². The number of para-hydroxylation sites is 3. The van der Waals surface area contributed by atoms with E-state index in [1.54, 1.807) is 24.3 Å². The molecule has 0 fully saturated rings. The molecule has 0 aliphatic heterocycles. The summed E-state index contributed by atoms with van der Waals surface area (Å²) in [7, 11) is 0. The highest BCUT2D eigenvalue weighted by atomic mass is 16.5. The highest BCUT2D eigenvalue weighted by Crippen LogP contribution is 2.20. The van der Waals surface area contributed by atoms with Crippen molar-refractivity contribution in [3.05, 3.63) is 96.2 Å². The first-order valence-electron chi connectivity index (χ1n) is 10.1. The fraction of sp³-hybridized carbons (Fsp3) is 0.120. The van der Waals surface area contributed by atoms with E-state index in [4.69, 9.17) is 4.74 Å². The van der Waals surface area contributed by atoms with Gasteiger partial charge in [0.05, 0.1) is 5.56 Å². The predicted octanol–water partition coefficient (Wildman–Crippen LogP) is 4.16. The van der Waals surface area contributed by atoms with Crippen molar-refractivity contribution in [3.8, 4) is 5.75 Å². The number of aromatic amines is 1. The van der Waals surface area contributed by atoms with Gasteiger partial charge in [-0.1, -0.05) is 48.5 Å². The molecule has 6 nitrogen and oxygen atoms in total. The lowest BCUT2D eigenvalue weighted by Gasteiger charge is -2.12. The van der Waals surface area contributed by atoms with Crippen LogP contribution in [0.25, 0.3) is 10.9 Å². The number of amides is 2. The number of hydrogen-bond donors (Lipinski definition) is 3. The molecule has 156 valence electrons. The maximum Gasteiger partial charge on any atom is 0.259 e. The van der Waals surface area contributed by atoms with E-state index in [1.807, 2.05) is 54.7 Å². The monoisotopic (exact) mass is 413 g/mol. The number of anilines is 1. The first-order valence-corrected chi connectivity index (χ1v) is 10.1. The van der Waals surface area contributed by atoms with Crippen molar-refractivity contribution in [2.24, 2.45) is 0 Å². The maximum absolute atomic E-state index is 12.6. The predicted molar refractivity (Wildman–Crippen MR) is 121 cm³/mol. The molecule has 0 unspecified atom stereocenters. The van der Waals surface area contributed by atoms with E-state index in [9.17, 15) is 9.59 Å². The van der Waals surface area contributed by atoms with Crippen LogP contribution in [0.2, 0.25) is 0 Å². The first-order chi connectivity index (χ1) is 15.2. The SMILES string of the molecule is O=C(COc1ccccc1C(=O)Nc1ccccc1)NCCc1c[nH]c2ccccc12. The molecule has 31 heavy (non-hydrogen) atoms. The minimum absolute atomic E-state index is 0.163. The minimum Gasteiger partial charge on any atom is -0.483 e. The van der Waals surface area contributed by atoms with Gasteiger partial charge >= 0.3 is 0 Å². The molecule has 1 aromatic heterocycles. The average Bonchev–Trinajstić information content (AvgIpc) is 3.22. The van der Waals surface area contributed by atoms with Gasteiger partial charge in [0.25, 0.3) is 11.8 Å². The summed E-state index contributed by atoms with van der Waals surface area (Å²) in [6, 6.07) is 24.1. The van der Waals surface area contributed by atoms with E-state index in [-0.39, 0.29) is 18.4 Å². The van der Waals surface area contributed by atoms with Gasteiger partial charge in [-0.2, -0.15) is 0 Å². The number of carbonyl (C=O) groups excluding carboxylic acids is 2. The normalized spacial score (nSPS) is 10.6. The number of H-pyrrole nitrogens is 1. The second-order valence-corrected chi connectivity index (χ2v) is 7.06. The van der Waals surface area contributed by atoms with Gasteiger partial charge in [-0.15, -0.1) is 0 Å². The summed E-state index contributed by atoms with van der Waals surface area (Å²) in [5.74, 6) is -0.164. The Morgan fingerprint density at radius 2 is 1.61 bits per heavy atom. The zero-order valence-corrected chi connectivity index (χ0v) is 16.9. The van der Waals surface area contributed by atoms with Crippen LogP contribution in [0.15, 0.2) is 85.1 Å². The zero-order chi connectivity index (χ0) is 21.5. The van der Waals surface area contributed by atoms with Gasteiger partial charge in [-0.05, 0) is 42.3 Å². The summed E-state index contributed by atoms with van der Waals surface area (Å²) >= 11 is 0. The molecule has 0 saturated carbocycles. The molecule has 3 aromatic carbocycles. The van der Waals surface area contributed by atoms with E-state index in [0.717, 1.165) is 16.5 Å².